The molecular weight excluding hydrogens is 328 g/mol. The minimum Gasteiger partial charge on any atom is -0.488 e. The summed E-state index contributed by atoms with van der Waals surface area (Å²) in [6.07, 6.45) is -0.584. The molecular formula is C15H14BrClO2. The maximum atomic E-state index is 9.75. The molecule has 19 heavy (non-hydrogen) atoms. The summed E-state index contributed by atoms with van der Waals surface area (Å²) >= 11 is 9.47. The number of hydrogen-bond donors (Lipinski definition) is 1. The highest BCUT2D eigenvalue weighted by molar-refractivity contribution is 9.10. The predicted molar refractivity (Wildman–Crippen MR) is 80.6 cm³/mol. The van der Waals surface area contributed by atoms with Crippen LogP contribution in [0.1, 0.15) is 24.2 Å². The van der Waals surface area contributed by atoms with Crippen LogP contribution in [0.25, 0.3) is 0 Å². The van der Waals surface area contributed by atoms with Gasteiger partial charge in [-0.3, -0.25) is 0 Å². The van der Waals surface area contributed by atoms with Crippen molar-refractivity contribution in [1.29, 1.82) is 0 Å². The van der Waals surface area contributed by atoms with Gasteiger partial charge < -0.3 is 9.84 Å². The van der Waals surface area contributed by atoms with E-state index in [2.05, 4.69) is 15.9 Å². The van der Waals surface area contributed by atoms with Crippen molar-refractivity contribution in [2.24, 2.45) is 0 Å². The van der Waals surface area contributed by atoms with Crippen molar-refractivity contribution in [3.05, 3.63) is 63.1 Å². The molecule has 0 heterocycles. The van der Waals surface area contributed by atoms with E-state index >= 15 is 0 Å². The van der Waals surface area contributed by atoms with E-state index in [0.29, 0.717) is 17.4 Å². The van der Waals surface area contributed by atoms with Gasteiger partial charge in [-0.15, -0.1) is 0 Å². The van der Waals surface area contributed by atoms with E-state index in [4.69, 9.17) is 16.3 Å². The van der Waals surface area contributed by atoms with Crippen molar-refractivity contribution in [2.75, 3.05) is 0 Å². The quantitative estimate of drug-likeness (QED) is 0.870. The Morgan fingerprint density at radius 1 is 1.26 bits per heavy atom. The minimum absolute atomic E-state index is 0.376. The van der Waals surface area contributed by atoms with Crippen LogP contribution < -0.4 is 4.74 Å². The molecule has 0 amide bonds. The Bertz CT molecular complexity index is 570. The van der Waals surface area contributed by atoms with Gasteiger partial charge in [-0.05, 0) is 31.2 Å². The van der Waals surface area contributed by atoms with Crippen molar-refractivity contribution >= 4 is 27.5 Å². The Hall–Kier alpha value is -1.03. The Kier molecular flexibility index (Phi) is 4.86. The fourth-order valence-corrected chi connectivity index (χ4v) is 2.32. The van der Waals surface area contributed by atoms with Gasteiger partial charge in [0.1, 0.15) is 12.4 Å². The van der Waals surface area contributed by atoms with Gasteiger partial charge in [0.2, 0.25) is 0 Å². The lowest BCUT2D eigenvalue weighted by Crippen LogP contribution is -2.01. The van der Waals surface area contributed by atoms with Crippen LogP contribution in [0.2, 0.25) is 5.02 Å². The molecule has 0 unspecified atom stereocenters. The SMILES string of the molecule is C[C@H](O)c1cc(Br)ccc1OCc1ccccc1Cl. The standard InChI is InChI=1S/C15H14BrClO2/c1-10(18)13-8-12(16)6-7-15(13)19-9-11-4-2-3-5-14(11)17/h2-8,10,18H,9H2,1H3/t10-/m0/s1. The summed E-state index contributed by atoms with van der Waals surface area (Å²) in [7, 11) is 0. The fourth-order valence-electron chi connectivity index (χ4n) is 1.75. The van der Waals surface area contributed by atoms with Crippen molar-refractivity contribution in [1.82, 2.24) is 0 Å². The van der Waals surface area contributed by atoms with Crippen LogP contribution in [0.5, 0.6) is 5.75 Å². The second-order valence-corrected chi connectivity index (χ2v) is 5.56. The molecule has 2 rings (SSSR count). The Balaban J connectivity index is 2.18. The molecule has 0 spiro atoms. The highest BCUT2D eigenvalue weighted by Crippen LogP contribution is 2.29. The van der Waals surface area contributed by atoms with E-state index in [1.807, 2.05) is 42.5 Å². The molecule has 2 aromatic rings. The fraction of sp³-hybridized carbons (Fsp3) is 0.200. The molecule has 100 valence electrons. The number of benzene rings is 2. The van der Waals surface area contributed by atoms with Crippen LogP contribution in [0.3, 0.4) is 0 Å². The summed E-state index contributed by atoms with van der Waals surface area (Å²) in [5.74, 6) is 0.665. The van der Waals surface area contributed by atoms with E-state index in [9.17, 15) is 5.11 Å². The third-order valence-electron chi connectivity index (χ3n) is 2.76. The van der Waals surface area contributed by atoms with Gasteiger partial charge in [0, 0.05) is 20.6 Å². The van der Waals surface area contributed by atoms with Gasteiger partial charge in [0.15, 0.2) is 0 Å². The maximum absolute atomic E-state index is 9.75. The second kappa shape index (κ2) is 6.42. The third kappa shape index (κ3) is 3.72. The molecule has 1 N–H and O–H groups in total. The average Bonchev–Trinajstić information content (AvgIpc) is 2.38. The maximum Gasteiger partial charge on any atom is 0.125 e. The Labute approximate surface area is 126 Å². The van der Waals surface area contributed by atoms with Gasteiger partial charge in [-0.2, -0.15) is 0 Å². The number of hydrogen-bond acceptors (Lipinski definition) is 2. The van der Waals surface area contributed by atoms with Crippen molar-refractivity contribution < 1.29 is 9.84 Å². The Morgan fingerprint density at radius 3 is 2.68 bits per heavy atom. The molecule has 0 fully saturated rings. The first-order valence-corrected chi connectivity index (χ1v) is 7.08. The van der Waals surface area contributed by atoms with Gasteiger partial charge in [0.25, 0.3) is 0 Å². The van der Waals surface area contributed by atoms with Crippen molar-refractivity contribution in [3.63, 3.8) is 0 Å². The zero-order chi connectivity index (χ0) is 13.8. The zero-order valence-corrected chi connectivity index (χ0v) is 12.8. The summed E-state index contributed by atoms with van der Waals surface area (Å²) in [6, 6.07) is 13.1. The van der Waals surface area contributed by atoms with E-state index in [1.54, 1.807) is 6.92 Å². The van der Waals surface area contributed by atoms with Crippen molar-refractivity contribution in [3.8, 4) is 5.75 Å². The second-order valence-electron chi connectivity index (χ2n) is 4.24. The minimum atomic E-state index is -0.584. The molecule has 2 nitrogen and oxygen atoms in total. The molecule has 0 aromatic heterocycles. The summed E-state index contributed by atoms with van der Waals surface area (Å²) in [6.45, 7) is 2.09. The van der Waals surface area contributed by atoms with Crippen LogP contribution in [-0.2, 0) is 6.61 Å². The molecule has 1 atom stereocenters. The van der Waals surface area contributed by atoms with Gasteiger partial charge in [-0.1, -0.05) is 45.7 Å². The van der Waals surface area contributed by atoms with E-state index in [1.165, 1.54) is 0 Å². The molecule has 0 bridgehead atoms. The van der Waals surface area contributed by atoms with E-state index in [0.717, 1.165) is 15.6 Å². The van der Waals surface area contributed by atoms with E-state index in [-0.39, 0.29) is 0 Å². The molecule has 0 aliphatic heterocycles. The largest absolute Gasteiger partial charge is 0.488 e. The monoisotopic (exact) mass is 340 g/mol. The lowest BCUT2D eigenvalue weighted by Gasteiger charge is -2.14. The summed E-state index contributed by atoms with van der Waals surface area (Å²) < 4.78 is 6.67. The average molecular weight is 342 g/mol. The number of halogens is 2. The summed E-state index contributed by atoms with van der Waals surface area (Å²) in [5, 5.41) is 10.4. The number of aliphatic hydroxyl groups excluding tert-OH is 1. The normalized spacial score (nSPS) is 12.2. The van der Waals surface area contributed by atoms with Gasteiger partial charge in [-0.25, -0.2) is 0 Å². The van der Waals surface area contributed by atoms with Crippen LogP contribution in [0.15, 0.2) is 46.9 Å². The third-order valence-corrected chi connectivity index (χ3v) is 3.62. The lowest BCUT2D eigenvalue weighted by molar-refractivity contribution is 0.190. The first kappa shape index (κ1) is 14.4. The molecule has 0 radical (unpaired) electrons. The highest BCUT2D eigenvalue weighted by Gasteiger charge is 2.10. The first-order chi connectivity index (χ1) is 9.08. The zero-order valence-electron chi connectivity index (χ0n) is 10.4. The first-order valence-electron chi connectivity index (χ1n) is 5.91. The van der Waals surface area contributed by atoms with Crippen LogP contribution in [-0.4, -0.2) is 5.11 Å². The smallest absolute Gasteiger partial charge is 0.125 e. The number of aliphatic hydroxyl groups is 1. The number of ether oxygens (including phenoxy) is 1. The van der Waals surface area contributed by atoms with Crippen LogP contribution in [0.4, 0.5) is 0 Å². The molecule has 2 aromatic carbocycles. The van der Waals surface area contributed by atoms with Gasteiger partial charge >= 0.3 is 0 Å². The molecule has 0 aliphatic rings. The van der Waals surface area contributed by atoms with E-state index < -0.39 is 6.10 Å². The Morgan fingerprint density at radius 2 is 2.00 bits per heavy atom. The molecule has 0 saturated carbocycles. The highest BCUT2D eigenvalue weighted by atomic mass is 79.9. The molecule has 0 saturated heterocycles. The summed E-state index contributed by atoms with van der Waals surface area (Å²) in [5.41, 5.74) is 1.67. The number of rotatable bonds is 4. The lowest BCUT2D eigenvalue weighted by atomic mass is 10.1. The molecule has 4 heteroatoms. The summed E-state index contributed by atoms with van der Waals surface area (Å²) in [4.78, 5) is 0. The predicted octanol–water partition coefficient (Wildman–Crippen LogP) is 4.73. The van der Waals surface area contributed by atoms with Crippen LogP contribution in [0, 0.1) is 0 Å². The van der Waals surface area contributed by atoms with Crippen molar-refractivity contribution in [2.45, 2.75) is 19.6 Å². The van der Waals surface area contributed by atoms with Crippen LogP contribution >= 0.6 is 27.5 Å². The van der Waals surface area contributed by atoms with Gasteiger partial charge in [0.05, 0.1) is 6.10 Å². The molecule has 0 aliphatic carbocycles. The topological polar surface area (TPSA) is 29.5 Å².